The highest BCUT2D eigenvalue weighted by Crippen LogP contribution is 2.20. The van der Waals surface area contributed by atoms with Crippen LogP contribution in [0, 0.1) is 22.0 Å². The van der Waals surface area contributed by atoms with Gasteiger partial charge in [0.25, 0.3) is 5.69 Å². The van der Waals surface area contributed by atoms with Crippen LogP contribution in [-0.4, -0.2) is 4.92 Å². The van der Waals surface area contributed by atoms with Gasteiger partial charge in [0, 0.05) is 17.7 Å². The minimum atomic E-state index is -0.494. The number of anilines is 1. The molecule has 0 saturated carbocycles. The van der Waals surface area contributed by atoms with Crippen molar-refractivity contribution in [3.05, 3.63) is 106 Å². The van der Waals surface area contributed by atoms with Crippen molar-refractivity contribution in [1.82, 2.24) is 0 Å². The van der Waals surface area contributed by atoms with Crippen LogP contribution in [0.3, 0.4) is 0 Å². The Morgan fingerprint density at radius 3 is 2.12 bits per heavy atom. The van der Waals surface area contributed by atoms with Gasteiger partial charge in [-0.25, -0.2) is 0 Å². The van der Waals surface area contributed by atoms with Gasteiger partial charge in [0.2, 0.25) is 0 Å². The molecule has 0 aliphatic carbocycles. The van der Waals surface area contributed by atoms with Crippen molar-refractivity contribution < 1.29 is 9.76 Å². The van der Waals surface area contributed by atoms with Crippen LogP contribution in [0.5, 0.6) is 0 Å². The lowest BCUT2D eigenvalue weighted by atomic mass is 10.1. The molecule has 26 heavy (non-hydrogen) atoms. The molecule has 5 nitrogen and oxygen atoms in total. The van der Waals surface area contributed by atoms with E-state index in [0.29, 0.717) is 5.69 Å². The zero-order chi connectivity index (χ0) is 18.2. The number of nitro groups is 1. The van der Waals surface area contributed by atoms with Crippen LogP contribution in [0.4, 0.5) is 11.4 Å². The molecule has 1 N–H and O–H groups in total. The topological polar surface area (TPSA) is 64.4 Å². The highest BCUT2D eigenvalue weighted by molar-refractivity contribution is 5.47. The van der Waals surface area contributed by atoms with Crippen molar-refractivity contribution >= 4 is 11.4 Å². The van der Waals surface area contributed by atoms with Gasteiger partial charge in [-0.1, -0.05) is 60.4 Å². The van der Waals surface area contributed by atoms with Gasteiger partial charge in [0.05, 0.1) is 10.6 Å². The number of benzene rings is 3. The molecule has 1 unspecified atom stereocenters. The smallest absolute Gasteiger partial charge is 0.265 e. The van der Waals surface area contributed by atoms with Gasteiger partial charge >= 0.3 is 0 Å². The van der Waals surface area contributed by atoms with Crippen LogP contribution < -0.4 is 5.48 Å². The molecule has 0 aliphatic heterocycles. The SMILES string of the molecule is O=[N+]([O-])c1ccc(NOC(C#Cc2ccccc2)c2ccccc2)cc1. The third kappa shape index (κ3) is 4.69. The number of hydrogen-bond acceptors (Lipinski definition) is 4. The van der Waals surface area contributed by atoms with Gasteiger partial charge in [-0.05, 0) is 29.8 Å². The monoisotopic (exact) mass is 344 g/mol. The number of non-ortho nitro benzene ring substituents is 1. The Morgan fingerprint density at radius 2 is 1.50 bits per heavy atom. The third-order valence-electron chi connectivity index (χ3n) is 3.60. The van der Waals surface area contributed by atoms with Gasteiger partial charge in [0.15, 0.2) is 6.10 Å². The van der Waals surface area contributed by atoms with E-state index in [0.717, 1.165) is 11.1 Å². The van der Waals surface area contributed by atoms with Crippen LogP contribution in [0.2, 0.25) is 0 Å². The predicted molar refractivity (Wildman–Crippen MR) is 100 cm³/mol. The van der Waals surface area contributed by atoms with Crippen molar-refractivity contribution in [3.63, 3.8) is 0 Å². The van der Waals surface area contributed by atoms with E-state index < -0.39 is 11.0 Å². The normalized spacial score (nSPS) is 11.1. The molecule has 3 aromatic carbocycles. The summed E-state index contributed by atoms with van der Waals surface area (Å²) >= 11 is 0. The first-order valence-electron chi connectivity index (χ1n) is 8.00. The number of rotatable bonds is 5. The minimum Gasteiger partial charge on any atom is -0.265 e. The first-order valence-corrected chi connectivity index (χ1v) is 8.00. The van der Waals surface area contributed by atoms with E-state index in [1.807, 2.05) is 60.7 Å². The molecule has 0 bridgehead atoms. The maximum atomic E-state index is 10.7. The second-order valence-corrected chi connectivity index (χ2v) is 5.45. The Hall–Kier alpha value is -3.62. The molecule has 0 radical (unpaired) electrons. The first-order chi connectivity index (χ1) is 12.7. The Bertz CT molecular complexity index is 914. The van der Waals surface area contributed by atoms with Crippen molar-refractivity contribution in [2.24, 2.45) is 0 Å². The molecule has 0 aromatic heterocycles. The summed E-state index contributed by atoms with van der Waals surface area (Å²) in [6.45, 7) is 0. The Kier molecular flexibility index (Phi) is 5.61. The largest absolute Gasteiger partial charge is 0.269 e. The Balaban J connectivity index is 1.76. The quantitative estimate of drug-likeness (QED) is 0.413. The lowest BCUT2D eigenvalue weighted by Crippen LogP contribution is -2.08. The Morgan fingerprint density at radius 1 is 0.885 bits per heavy atom. The van der Waals surface area contributed by atoms with E-state index >= 15 is 0 Å². The molecule has 3 aromatic rings. The van der Waals surface area contributed by atoms with E-state index in [1.54, 1.807) is 12.1 Å². The molecule has 128 valence electrons. The lowest BCUT2D eigenvalue weighted by Gasteiger charge is -2.13. The van der Waals surface area contributed by atoms with E-state index in [2.05, 4.69) is 17.3 Å². The van der Waals surface area contributed by atoms with Crippen LogP contribution in [0.25, 0.3) is 0 Å². The van der Waals surface area contributed by atoms with Crippen molar-refractivity contribution in [2.75, 3.05) is 5.48 Å². The fourth-order valence-corrected chi connectivity index (χ4v) is 2.26. The fraction of sp³-hybridized carbons (Fsp3) is 0.0476. The molecule has 5 heteroatoms. The zero-order valence-electron chi connectivity index (χ0n) is 13.8. The minimum absolute atomic E-state index is 0.0269. The molecule has 0 amide bonds. The molecule has 0 fully saturated rings. The second kappa shape index (κ2) is 8.47. The number of hydrogen-bond donors (Lipinski definition) is 1. The molecule has 0 aliphatic rings. The van der Waals surface area contributed by atoms with E-state index in [9.17, 15) is 10.1 Å². The molecule has 1 atom stereocenters. The maximum Gasteiger partial charge on any atom is 0.269 e. The summed E-state index contributed by atoms with van der Waals surface area (Å²) in [5.41, 5.74) is 5.26. The van der Waals surface area contributed by atoms with Gasteiger partial charge in [-0.2, -0.15) is 0 Å². The fourth-order valence-electron chi connectivity index (χ4n) is 2.26. The standard InChI is InChI=1S/C21H16N2O3/c24-23(25)20-14-12-19(13-15-20)22-26-21(18-9-5-2-6-10-18)16-11-17-7-3-1-4-8-17/h1-10,12-15,21-22H. The van der Waals surface area contributed by atoms with Crippen molar-refractivity contribution in [3.8, 4) is 11.8 Å². The van der Waals surface area contributed by atoms with Gasteiger partial charge in [-0.3, -0.25) is 20.4 Å². The van der Waals surface area contributed by atoms with E-state index in [-0.39, 0.29) is 5.69 Å². The van der Waals surface area contributed by atoms with Crippen molar-refractivity contribution in [1.29, 1.82) is 0 Å². The van der Waals surface area contributed by atoms with Gasteiger partial charge in [0.1, 0.15) is 0 Å². The average molecular weight is 344 g/mol. The third-order valence-corrected chi connectivity index (χ3v) is 3.60. The number of nitrogens with one attached hydrogen (secondary N) is 1. The average Bonchev–Trinajstić information content (AvgIpc) is 2.70. The number of nitro benzene ring substituents is 1. The molecule has 3 rings (SSSR count). The van der Waals surface area contributed by atoms with Crippen LogP contribution in [-0.2, 0) is 4.84 Å². The van der Waals surface area contributed by atoms with E-state index in [1.165, 1.54) is 12.1 Å². The predicted octanol–water partition coefficient (Wildman–Crippen LogP) is 4.73. The summed E-state index contributed by atoms with van der Waals surface area (Å²) in [6, 6.07) is 25.3. The molecule has 0 heterocycles. The Labute approximate surface area is 151 Å². The summed E-state index contributed by atoms with van der Waals surface area (Å²) in [7, 11) is 0. The molecular formula is C21H16N2O3. The van der Waals surface area contributed by atoms with Crippen LogP contribution >= 0.6 is 0 Å². The highest BCUT2D eigenvalue weighted by Gasteiger charge is 2.10. The summed E-state index contributed by atoms with van der Waals surface area (Å²) < 4.78 is 0. The lowest BCUT2D eigenvalue weighted by molar-refractivity contribution is -0.384. The molecule has 0 saturated heterocycles. The van der Waals surface area contributed by atoms with Gasteiger partial charge in [-0.15, -0.1) is 0 Å². The zero-order valence-corrected chi connectivity index (χ0v) is 13.8. The van der Waals surface area contributed by atoms with E-state index in [4.69, 9.17) is 4.84 Å². The number of nitrogens with zero attached hydrogens (tertiary/aromatic N) is 1. The molecular weight excluding hydrogens is 328 g/mol. The maximum absolute atomic E-state index is 10.7. The summed E-state index contributed by atoms with van der Waals surface area (Å²) in [5, 5.41) is 10.7. The van der Waals surface area contributed by atoms with Gasteiger partial charge < -0.3 is 0 Å². The van der Waals surface area contributed by atoms with Crippen molar-refractivity contribution in [2.45, 2.75) is 6.10 Å². The summed E-state index contributed by atoms with van der Waals surface area (Å²) in [6.07, 6.45) is -0.494. The van der Waals surface area contributed by atoms with Crippen LogP contribution in [0.15, 0.2) is 84.9 Å². The van der Waals surface area contributed by atoms with Crippen LogP contribution in [0.1, 0.15) is 17.2 Å². The second-order valence-electron chi connectivity index (χ2n) is 5.45. The highest BCUT2D eigenvalue weighted by atomic mass is 16.7. The summed E-state index contributed by atoms with van der Waals surface area (Å²) in [4.78, 5) is 16.0. The molecule has 0 spiro atoms. The summed E-state index contributed by atoms with van der Waals surface area (Å²) in [5.74, 6) is 6.21. The first kappa shape index (κ1) is 17.2.